The number of carbonyl (C=O) groups is 2. The van der Waals surface area contributed by atoms with E-state index < -0.39 is 11.8 Å². The van der Waals surface area contributed by atoms with Crippen LogP contribution in [0.5, 0.6) is 11.5 Å². The van der Waals surface area contributed by atoms with E-state index in [0.29, 0.717) is 17.1 Å². The number of hydrogen-bond acceptors (Lipinski definition) is 5. The van der Waals surface area contributed by atoms with Crippen molar-refractivity contribution in [2.24, 2.45) is 0 Å². The number of aliphatic carboxylic acids is 1. The lowest BCUT2D eigenvalue weighted by Crippen LogP contribution is -2.15. The number of carboxylic acid groups (broad SMARTS) is 1. The standard InChI is InChI=1S/C11H10O6/c1-15-4-6-2-8-9(17-5-16-8)3-7(6)10(12)11(13)14/h2-3H,4-5H2,1H3,(H,13,14). The van der Waals surface area contributed by atoms with Gasteiger partial charge in [0.05, 0.1) is 6.61 Å². The highest BCUT2D eigenvalue weighted by Gasteiger charge is 2.24. The number of methoxy groups -OCH3 is 1. The summed E-state index contributed by atoms with van der Waals surface area (Å²) in [5, 5.41) is 8.71. The lowest BCUT2D eigenvalue weighted by atomic mass is 10.0. The van der Waals surface area contributed by atoms with Gasteiger partial charge in [0.2, 0.25) is 6.79 Å². The maximum absolute atomic E-state index is 11.5. The van der Waals surface area contributed by atoms with Crippen LogP contribution in [0.15, 0.2) is 12.1 Å². The van der Waals surface area contributed by atoms with Crippen LogP contribution in [0.3, 0.4) is 0 Å². The Morgan fingerprint density at radius 3 is 2.59 bits per heavy atom. The minimum Gasteiger partial charge on any atom is -0.475 e. The zero-order valence-corrected chi connectivity index (χ0v) is 9.06. The number of benzene rings is 1. The fourth-order valence-corrected chi connectivity index (χ4v) is 1.59. The second kappa shape index (κ2) is 4.42. The van der Waals surface area contributed by atoms with Crippen molar-refractivity contribution in [3.63, 3.8) is 0 Å². The highest BCUT2D eigenvalue weighted by Crippen LogP contribution is 2.35. The van der Waals surface area contributed by atoms with E-state index in [2.05, 4.69) is 0 Å². The third kappa shape index (κ3) is 2.07. The molecule has 1 heterocycles. The first-order chi connectivity index (χ1) is 8.13. The number of rotatable bonds is 4. The molecule has 1 N–H and O–H groups in total. The predicted molar refractivity (Wildman–Crippen MR) is 55.2 cm³/mol. The van der Waals surface area contributed by atoms with Crippen LogP contribution in [0.25, 0.3) is 0 Å². The molecule has 1 aliphatic heterocycles. The van der Waals surface area contributed by atoms with Crippen molar-refractivity contribution in [3.05, 3.63) is 23.3 Å². The van der Waals surface area contributed by atoms with Gasteiger partial charge in [-0.1, -0.05) is 0 Å². The van der Waals surface area contributed by atoms with Gasteiger partial charge in [-0.2, -0.15) is 0 Å². The Hall–Kier alpha value is -2.08. The summed E-state index contributed by atoms with van der Waals surface area (Å²) in [6.45, 7) is 0.192. The van der Waals surface area contributed by atoms with Gasteiger partial charge in [0.25, 0.3) is 5.78 Å². The molecule has 0 radical (unpaired) electrons. The molecule has 0 spiro atoms. The fraction of sp³-hybridized carbons (Fsp3) is 0.273. The van der Waals surface area contributed by atoms with Gasteiger partial charge in [0.1, 0.15) is 0 Å². The van der Waals surface area contributed by atoms with Crippen LogP contribution in [0, 0.1) is 0 Å². The molecule has 0 bridgehead atoms. The highest BCUT2D eigenvalue weighted by atomic mass is 16.7. The number of carboxylic acids is 1. The Balaban J connectivity index is 2.48. The lowest BCUT2D eigenvalue weighted by Gasteiger charge is -2.07. The molecule has 0 aliphatic carbocycles. The van der Waals surface area contributed by atoms with E-state index in [1.807, 2.05) is 0 Å². The second-order valence-corrected chi connectivity index (χ2v) is 3.43. The normalized spacial score (nSPS) is 12.5. The number of ketones is 1. The molecule has 0 unspecified atom stereocenters. The van der Waals surface area contributed by atoms with Gasteiger partial charge in [-0.3, -0.25) is 4.79 Å². The van der Waals surface area contributed by atoms with Crippen molar-refractivity contribution in [1.29, 1.82) is 0 Å². The Kier molecular flexibility index (Phi) is 2.97. The van der Waals surface area contributed by atoms with Gasteiger partial charge in [-0.05, 0) is 17.7 Å². The van der Waals surface area contributed by atoms with Gasteiger partial charge in [-0.15, -0.1) is 0 Å². The molecular weight excluding hydrogens is 228 g/mol. The predicted octanol–water partition coefficient (Wildman–Crippen LogP) is 0.829. The minimum atomic E-state index is -1.51. The number of fused-ring (bicyclic) bond motifs is 1. The SMILES string of the molecule is COCc1cc2c(cc1C(=O)C(=O)O)OCO2. The quantitative estimate of drug-likeness (QED) is 0.618. The van der Waals surface area contributed by atoms with E-state index in [1.165, 1.54) is 13.2 Å². The topological polar surface area (TPSA) is 82.1 Å². The van der Waals surface area contributed by atoms with Gasteiger partial charge in [0, 0.05) is 12.7 Å². The molecule has 0 amide bonds. The van der Waals surface area contributed by atoms with Gasteiger partial charge < -0.3 is 19.3 Å². The van der Waals surface area contributed by atoms with E-state index in [1.54, 1.807) is 6.07 Å². The molecule has 0 saturated heterocycles. The first-order valence-electron chi connectivity index (χ1n) is 4.82. The van der Waals surface area contributed by atoms with Crippen molar-refractivity contribution in [1.82, 2.24) is 0 Å². The Morgan fingerprint density at radius 1 is 1.35 bits per heavy atom. The summed E-state index contributed by atoms with van der Waals surface area (Å²) in [5.41, 5.74) is 0.521. The van der Waals surface area contributed by atoms with E-state index in [0.717, 1.165) is 0 Å². The summed E-state index contributed by atoms with van der Waals surface area (Å²) in [6, 6.07) is 2.93. The lowest BCUT2D eigenvalue weighted by molar-refractivity contribution is -0.131. The summed E-state index contributed by atoms with van der Waals surface area (Å²) in [4.78, 5) is 22.2. The van der Waals surface area contributed by atoms with Crippen molar-refractivity contribution in [2.45, 2.75) is 6.61 Å². The molecule has 6 heteroatoms. The highest BCUT2D eigenvalue weighted by molar-refractivity contribution is 6.40. The molecule has 90 valence electrons. The molecule has 0 atom stereocenters. The van der Waals surface area contributed by atoms with Crippen LogP contribution in [-0.2, 0) is 16.1 Å². The monoisotopic (exact) mass is 238 g/mol. The number of hydrogen-bond donors (Lipinski definition) is 1. The molecule has 0 fully saturated rings. The van der Waals surface area contributed by atoms with Crippen molar-refractivity contribution in [2.75, 3.05) is 13.9 Å². The largest absolute Gasteiger partial charge is 0.475 e. The van der Waals surface area contributed by atoms with E-state index >= 15 is 0 Å². The van der Waals surface area contributed by atoms with Gasteiger partial charge >= 0.3 is 5.97 Å². The first kappa shape index (κ1) is 11.4. The second-order valence-electron chi connectivity index (χ2n) is 3.43. The zero-order chi connectivity index (χ0) is 12.4. The minimum absolute atomic E-state index is 0.0589. The number of Topliss-reactive ketones (excluding diaryl/α,β-unsaturated/α-hetero) is 1. The molecule has 2 rings (SSSR count). The van der Waals surface area contributed by atoms with Gasteiger partial charge in [-0.25, -0.2) is 4.79 Å². The summed E-state index contributed by atoms with van der Waals surface area (Å²) in [7, 11) is 1.46. The smallest absolute Gasteiger partial charge is 0.377 e. The summed E-state index contributed by atoms with van der Waals surface area (Å²) < 4.78 is 15.2. The molecule has 17 heavy (non-hydrogen) atoms. The third-order valence-electron chi connectivity index (χ3n) is 2.34. The zero-order valence-electron chi connectivity index (χ0n) is 9.06. The summed E-state index contributed by atoms with van der Waals surface area (Å²) in [5.74, 6) is -1.65. The summed E-state index contributed by atoms with van der Waals surface area (Å²) >= 11 is 0. The van der Waals surface area contributed by atoms with Crippen LogP contribution in [-0.4, -0.2) is 30.8 Å². The van der Waals surface area contributed by atoms with Crippen molar-refractivity contribution >= 4 is 11.8 Å². The molecule has 0 aromatic heterocycles. The van der Waals surface area contributed by atoms with Crippen molar-refractivity contribution in [3.8, 4) is 11.5 Å². The average Bonchev–Trinajstić information content (AvgIpc) is 2.74. The van der Waals surface area contributed by atoms with E-state index in [9.17, 15) is 9.59 Å². The molecule has 6 nitrogen and oxygen atoms in total. The number of ether oxygens (including phenoxy) is 3. The van der Waals surface area contributed by atoms with Crippen LogP contribution >= 0.6 is 0 Å². The Bertz CT molecular complexity index is 479. The number of carbonyl (C=O) groups excluding carboxylic acids is 1. The third-order valence-corrected chi connectivity index (χ3v) is 2.34. The van der Waals surface area contributed by atoms with E-state index in [4.69, 9.17) is 19.3 Å². The maximum Gasteiger partial charge on any atom is 0.377 e. The maximum atomic E-state index is 11.5. The molecule has 1 aromatic rings. The molecule has 0 saturated carbocycles. The summed E-state index contributed by atoms with van der Waals surface area (Å²) in [6.07, 6.45) is 0. The van der Waals surface area contributed by atoms with Crippen molar-refractivity contribution < 1.29 is 28.9 Å². The van der Waals surface area contributed by atoms with Crippen LogP contribution in [0.4, 0.5) is 0 Å². The molecule has 1 aromatic carbocycles. The van der Waals surface area contributed by atoms with Crippen LogP contribution in [0.2, 0.25) is 0 Å². The fourth-order valence-electron chi connectivity index (χ4n) is 1.59. The van der Waals surface area contributed by atoms with Crippen LogP contribution < -0.4 is 9.47 Å². The van der Waals surface area contributed by atoms with Crippen LogP contribution in [0.1, 0.15) is 15.9 Å². The first-order valence-corrected chi connectivity index (χ1v) is 4.82. The Labute approximate surface area is 96.7 Å². The van der Waals surface area contributed by atoms with E-state index in [-0.39, 0.29) is 19.0 Å². The van der Waals surface area contributed by atoms with Gasteiger partial charge in [0.15, 0.2) is 11.5 Å². The molecule has 1 aliphatic rings. The Morgan fingerprint density at radius 2 is 2.00 bits per heavy atom. The average molecular weight is 238 g/mol. The molecular formula is C11H10O6.